The molecule has 1 rings (SSSR count). The molecule has 21 heavy (non-hydrogen) atoms. The van der Waals surface area contributed by atoms with Crippen LogP contribution in [0, 0.1) is 6.92 Å². The lowest BCUT2D eigenvalue weighted by atomic mass is 9.85. The third-order valence-electron chi connectivity index (χ3n) is 3.07. The van der Waals surface area contributed by atoms with E-state index >= 15 is 0 Å². The Labute approximate surface area is 126 Å². The molecule has 0 amide bonds. The van der Waals surface area contributed by atoms with Crippen LogP contribution in [0.5, 0.6) is 5.75 Å². The maximum Gasteiger partial charge on any atom is 0.311 e. The zero-order chi connectivity index (χ0) is 16.0. The zero-order valence-electron chi connectivity index (χ0n) is 13.5. The Morgan fingerprint density at radius 1 is 1.10 bits per heavy atom. The van der Waals surface area contributed by atoms with Gasteiger partial charge in [-0.3, -0.25) is 9.59 Å². The van der Waals surface area contributed by atoms with Crippen LogP contribution in [0.4, 0.5) is 0 Å². The first-order valence-corrected chi connectivity index (χ1v) is 7.22. The van der Waals surface area contributed by atoms with Crippen LogP contribution in [-0.2, 0) is 19.7 Å². The van der Waals surface area contributed by atoms with E-state index in [2.05, 4.69) is 20.8 Å². The van der Waals surface area contributed by atoms with Gasteiger partial charge in [-0.1, -0.05) is 39.0 Å². The fourth-order valence-corrected chi connectivity index (χ4v) is 1.98. The van der Waals surface area contributed by atoms with Crippen molar-refractivity contribution in [3.05, 3.63) is 29.3 Å². The van der Waals surface area contributed by atoms with Crippen LogP contribution in [0.15, 0.2) is 18.2 Å². The molecule has 0 spiro atoms. The Kier molecular flexibility index (Phi) is 5.94. The van der Waals surface area contributed by atoms with Gasteiger partial charge < -0.3 is 9.47 Å². The van der Waals surface area contributed by atoms with E-state index in [1.807, 2.05) is 25.1 Å². The van der Waals surface area contributed by atoms with Crippen molar-refractivity contribution in [1.82, 2.24) is 0 Å². The fraction of sp³-hybridized carbons (Fsp3) is 0.529. The first kappa shape index (κ1) is 17.2. The van der Waals surface area contributed by atoms with E-state index in [0.29, 0.717) is 12.4 Å². The minimum Gasteiger partial charge on any atom is -0.466 e. The van der Waals surface area contributed by atoms with E-state index in [-0.39, 0.29) is 24.2 Å². The second kappa shape index (κ2) is 7.25. The number of hydrogen-bond acceptors (Lipinski definition) is 4. The van der Waals surface area contributed by atoms with Crippen LogP contribution < -0.4 is 4.74 Å². The standard InChI is InChI=1S/C17H24O4/c1-6-20-14(18)10-11-15(19)21-16-12(2)8-7-9-13(16)17(3,4)5/h7-9H,6,10-11H2,1-5H3. The molecule has 0 N–H and O–H groups in total. The summed E-state index contributed by atoms with van der Waals surface area (Å²) in [5, 5.41) is 0. The third kappa shape index (κ3) is 5.21. The molecule has 0 bridgehead atoms. The topological polar surface area (TPSA) is 52.6 Å². The SMILES string of the molecule is CCOC(=O)CCC(=O)Oc1c(C)cccc1C(C)(C)C. The van der Waals surface area contributed by atoms with Gasteiger partial charge in [-0.25, -0.2) is 0 Å². The van der Waals surface area contributed by atoms with Gasteiger partial charge in [0.05, 0.1) is 19.4 Å². The van der Waals surface area contributed by atoms with E-state index < -0.39 is 5.97 Å². The number of carbonyl (C=O) groups is 2. The number of aryl methyl sites for hydroxylation is 1. The van der Waals surface area contributed by atoms with Crippen LogP contribution in [0.1, 0.15) is 51.7 Å². The summed E-state index contributed by atoms with van der Waals surface area (Å²) >= 11 is 0. The average Bonchev–Trinajstić information content (AvgIpc) is 2.38. The van der Waals surface area contributed by atoms with Gasteiger partial charge in [-0.2, -0.15) is 0 Å². The van der Waals surface area contributed by atoms with E-state index in [1.165, 1.54) is 0 Å². The third-order valence-corrected chi connectivity index (χ3v) is 3.07. The molecule has 0 aliphatic carbocycles. The summed E-state index contributed by atoms with van der Waals surface area (Å²) in [4.78, 5) is 23.2. The number of ether oxygens (including phenoxy) is 2. The molecule has 0 saturated carbocycles. The molecule has 1 aromatic carbocycles. The lowest BCUT2D eigenvalue weighted by Crippen LogP contribution is -2.18. The number of esters is 2. The molecular weight excluding hydrogens is 268 g/mol. The molecule has 0 unspecified atom stereocenters. The molecule has 0 aromatic heterocycles. The minimum absolute atomic E-state index is 0.0246. The lowest BCUT2D eigenvalue weighted by Gasteiger charge is -2.23. The molecule has 1 aromatic rings. The summed E-state index contributed by atoms with van der Waals surface area (Å²) in [5.74, 6) is -0.197. The Balaban J connectivity index is 2.79. The quantitative estimate of drug-likeness (QED) is 0.615. The molecule has 116 valence electrons. The number of carbonyl (C=O) groups excluding carboxylic acids is 2. The van der Waals surface area contributed by atoms with Crippen molar-refractivity contribution in [3.63, 3.8) is 0 Å². The van der Waals surface area contributed by atoms with E-state index in [4.69, 9.17) is 9.47 Å². The summed E-state index contributed by atoms with van der Waals surface area (Å²) in [7, 11) is 0. The summed E-state index contributed by atoms with van der Waals surface area (Å²) < 4.78 is 10.3. The van der Waals surface area contributed by atoms with Gasteiger partial charge in [-0.15, -0.1) is 0 Å². The van der Waals surface area contributed by atoms with E-state index in [0.717, 1.165) is 11.1 Å². The Bertz CT molecular complexity index is 512. The molecule has 0 fully saturated rings. The summed E-state index contributed by atoms with van der Waals surface area (Å²) in [5.41, 5.74) is 1.77. The van der Waals surface area contributed by atoms with Crippen LogP contribution in [-0.4, -0.2) is 18.5 Å². The highest BCUT2D eigenvalue weighted by Gasteiger charge is 2.22. The highest BCUT2D eigenvalue weighted by Crippen LogP contribution is 2.34. The van der Waals surface area contributed by atoms with Crippen LogP contribution in [0.3, 0.4) is 0 Å². The molecular formula is C17H24O4. The molecule has 0 radical (unpaired) electrons. The summed E-state index contributed by atoms with van der Waals surface area (Å²) in [6.07, 6.45) is 0.0696. The fourth-order valence-electron chi connectivity index (χ4n) is 1.98. The highest BCUT2D eigenvalue weighted by molar-refractivity contribution is 5.79. The first-order valence-electron chi connectivity index (χ1n) is 7.22. The van der Waals surface area contributed by atoms with Crippen molar-refractivity contribution in [2.45, 2.75) is 52.9 Å². The molecule has 4 heteroatoms. The Morgan fingerprint density at radius 2 is 1.71 bits per heavy atom. The van der Waals surface area contributed by atoms with Crippen molar-refractivity contribution in [1.29, 1.82) is 0 Å². The summed E-state index contributed by atoms with van der Waals surface area (Å²) in [6, 6.07) is 5.82. The second-order valence-electron chi connectivity index (χ2n) is 5.98. The van der Waals surface area contributed by atoms with Crippen molar-refractivity contribution >= 4 is 11.9 Å². The molecule has 0 heterocycles. The normalized spacial score (nSPS) is 11.1. The van der Waals surface area contributed by atoms with Gasteiger partial charge in [0.25, 0.3) is 0 Å². The monoisotopic (exact) mass is 292 g/mol. The number of para-hydroxylation sites is 1. The van der Waals surface area contributed by atoms with Crippen molar-refractivity contribution in [3.8, 4) is 5.75 Å². The average molecular weight is 292 g/mol. The van der Waals surface area contributed by atoms with Gasteiger partial charge in [0.15, 0.2) is 0 Å². The predicted molar refractivity (Wildman–Crippen MR) is 81.4 cm³/mol. The molecule has 0 saturated heterocycles. The lowest BCUT2D eigenvalue weighted by molar-refractivity contribution is -0.146. The van der Waals surface area contributed by atoms with Crippen LogP contribution in [0.25, 0.3) is 0 Å². The molecule has 4 nitrogen and oxygen atoms in total. The zero-order valence-corrected chi connectivity index (χ0v) is 13.5. The van der Waals surface area contributed by atoms with Crippen LogP contribution in [0.2, 0.25) is 0 Å². The number of hydrogen-bond donors (Lipinski definition) is 0. The summed E-state index contributed by atoms with van der Waals surface area (Å²) in [6.45, 7) is 10.2. The van der Waals surface area contributed by atoms with Gasteiger partial charge in [0.2, 0.25) is 0 Å². The smallest absolute Gasteiger partial charge is 0.311 e. The van der Waals surface area contributed by atoms with Crippen LogP contribution >= 0.6 is 0 Å². The van der Waals surface area contributed by atoms with E-state index in [9.17, 15) is 9.59 Å². The van der Waals surface area contributed by atoms with Gasteiger partial charge in [0, 0.05) is 5.56 Å². The van der Waals surface area contributed by atoms with Gasteiger partial charge in [0.1, 0.15) is 5.75 Å². The highest BCUT2D eigenvalue weighted by atomic mass is 16.5. The number of rotatable bonds is 5. The van der Waals surface area contributed by atoms with Crippen molar-refractivity contribution in [2.24, 2.45) is 0 Å². The van der Waals surface area contributed by atoms with Crippen molar-refractivity contribution < 1.29 is 19.1 Å². The second-order valence-corrected chi connectivity index (χ2v) is 5.98. The molecule has 0 aliphatic heterocycles. The van der Waals surface area contributed by atoms with Gasteiger partial charge >= 0.3 is 11.9 Å². The minimum atomic E-state index is -0.414. The Hall–Kier alpha value is -1.84. The molecule has 0 aliphatic rings. The predicted octanol–water partition coefficient (Wildman–Crippen LogP) is 3.54. The maximum absolute atomic E-state index is 11.9. The van der Waals surface area contributed by atoms with Gasteiger partial charge in [-0.05, 0) is 24.8 Å². The number of benzene rings is 1. The Morgan fingerprint density at radius 3 is 2.29 bits per heavy atom. The largest absolute Gasteiger partial charge is 0.466 e. The first-order chi connectivity index (χ1) is 9.75. The van der Waals surface area contributed by atoms with E-state index in [1.54, 1.807) is 6.92 Å². The molecule has 0 atom stereocenters. The maximum atomic E-state index is 11.9. The van der Waals surface area contributed by atoms with Crippen molar-refractivity contribution in [2.75, 3.05) is 6.61 Å².